The van der Waals surface area contributed by atoms with E-state index in [1.165, 1.54) is 0 Å². The van der Waals surface area contributed by atoms with Gasteiger partial charge in [0.25, 0.3) is 0 Å². The van der Waals surface area contributed by atoms with Crippen molar-refractivity contribution in [1.29, 1.82) is 0 Å². The minimum absolute atomic E-state index is 0.123. The second kappa shape index (κ2) is 8.40. The Hall–Kier alpha value is -3.28. The van der Waals surface area contributed by atoms with Gasteiger partial charge in [0, 0.05) is 17.8 Å². The van der Waals surface area contributed by atoms with Crippen LogP contribution in [0.1, 0.15) is 26.8 Å². The van der Waals surface area contributed by atoms with E-state index in [-0.39, 0.29) is 11.9 Å². The van der Waals surface area contributed by atoms with Gasteiger partial charge in [-0.25, -0.2) is 4.68 Å². The maximum atomic E-state index is 12.5. The summed E-state index contributed by atoms with van der Waals surface area (Å²) in [7, 11) is 0. The van der Waals surface area contributed by atoms with Crippen molar-refractivity contribution in [2.45, 2.75) is 32.9 Å². The molecule has 0 bridgehead atoms. The Balaban J connectivity index is 1.57. The van der Waals surface area contributed by atoms with Gasteiger partial charge in [-0.1, -0.05) is 18.2 Å². The molecule has 1 amide bonds. The molecule has 1 aromatic heterocycles. The van der Waals surface area contributed by atoms with Crippen molar-refractivity contribution < 1.29 is 9.53 Å². The van der Waals surface area contributed by atoms with Crippen molar-refractivity contribution in [3.05, 3.63) is 66.9 Å². The van der Waals surface area contributed by atoms with E-state index in [0.717, 1.165) is 17.2 Å². The van der Waals surface area contributed by atoms with Crippen LogP contribution >= 0.6 is 0 Å². The summed E-state index contributed by atoms with van der Waals surface area (Å²) < 4.78 is 7.55. The van der Waals surface area contributed by atoms with Crippen molar-refractivity contribution in [3.8, 4) is 11.5 Å². The number of carbonyl (C=O) groups is 1. The number of para-hydroxylation sites is 1. The highest BCUT2D eigenvalue weighted by molar-refractivity contribution is 5.95. The lowest BCUT2D eigenvalue weighted by molar-refractivity contribution is -0.116. The first-order chi connectivity index (χ1) is 13.0. The summed E-state index contributed by atoms with van der Waals surface area (Å²) >= 11 is 0. The predicted molar refractivity (Wildman–Crippen MR) is 107 cm³/mol. The molecular weight excluding hydrogens is 340 g/mol. The first-order valence-corrected chi connectivity index (χ1v) is 8.97. The Kier molecular flexibility index (Phi) is 5.76. The molecule has 0 aliphatic carbocycles. The third kappa shape index (κ3) is 4.88. The molecular formula is C21H24N4O2. The Morgan fingerprint density at radius 1 is 0.963 bits per heavy atom. The largest absolute Gasteiger partial charge is 0.457 e. The lowest BCUT2D eigenvalue weighted by atomic mass is 10.2. The number of carbonyl (C=O) groups excluding carboxylic acids is 1. The Bertz CT molecular complexity index is 873. The van der Waals surface area contributed by atoms with Gasteiger partial charge in [-0.2, -0.15) is 5.10 Å². The normalized spacial score (nSPS) is 11.9. The van der Waals surface area contributed by atoms with E-state index in [1.807, 2.05) is 75.4 Å². The molecule has 140 valence electrons. The molecule has 6 nitrogen and oxygen atoms in total. The molecule has 1 heterocycles. The predicted octanol–water partition coefficient (Wildman–Crippen LogP) is 4.70. The summed E-state index contributed by atoms with van der Waals surface area (Å²) in [6.45, 7) is 5.85. The molecule has 1 atom stereocenters. The fraction of sp³-hybridized carbons (Fsp3) is 0.238. The first kappa shape index (κ1) is 18.5. The van der Waals surface area contributed by atoms with Gasteiger partial charge in [0.1, 0.15) is 23.4 Å². The number of hydrogen-bond donors (Lipinski definition) is 2. The smallest absolute Gasteiger partial charge is 0.247 e. The molecule has 1 unspecified atom stereocenters. The molecule has 0 spiro atoms. The molecule has 0 aliphatic heterocycles. The summed E-state index contributed by atoms with van der Waals surface area (Å²) in [4.78, 5) is 12.5. The lowest BCUT2D eigenvalue weighted by Crippen LogP contribution is -2.32. The molecule has 0 saturated carbocycles. The average Bonchev–Trinajstić information content (AvgIpc) is 3.12. The van der Waals surface area contributed by atoms with E-state index in [2.05, 4.69) is 15.7 Å². The van der Waals surface area contributed by atoms with Gasteiger partial charge >= 0.3 is 0 Å². The maximum absolute atomic E-state index is 12.5. The van der Waals surface area contributed by atoms with Crippen LogP contribution in [0.25, 0.3) is 0 Å². The molecule has 3 aromatic rings. The number of nitrogens with one attached hydrogen (secondary N) is 2. The highest BCUT2D eigenvalue weighted by Crippen LogP contribution is 2.23. The third-order valence-electron chi connectivity index (χ3n) is 4.02. The minimum atomic E-state index is -0.401. The molecule has 6 heteroatoms. The fourth-order valence-electron chi connectivity index (χ4n) is 2.62. The van der Waals surface area contributed by atoms with Crippen LogP contribution in [0.3, 0.4) is 0 Å². The van der Waals surface area contributed by atoms with Gasteiger partial charge in [0.05, 0.1) is 6.20 Å². The molecule has 27 heavy (non-hydrogen) atoms. The summed E-state index contributed by atoms with van der Waals surface area (Å²) in [6.07, 6.45) is 1.68. The molecule has 3 rings (SSSR count). The third-order valence-corrected chi connectivity index (χ3v) is 4.02. The Morgan fingerprint density at radius 2 is 1.63 bits per heavy atom. The van der Waals surface area contributed by atoms with E-state index in [0.29, 0.717) is 5.82 Å². The topological polar surface area (TPSA) is 68.2 Å². The molecule has 0 radical (unpaired) electrons. The van der Waals surface area contributed by atoms with Crippen LogP contribution in [0, 0.1) is 0 Å². The molecule has 0 saturated heterocycles. The fourth-order valence-corrected chi connectivity index (χ4v) is 2.62. The highest BCUT2D eigenvalue weighted by Gasteiger charge is 2.15. The number of anilines is 2. The van der Waals surface area contributed by atoms with E-state index in [9.17, 15) is 4.79 Å². The summed E-state index contributed by atoms with van der Waals surface area (Å²) in [5.74, 6) is 2.09. The van der Waals surface area contributed by atoms with Crippen molar-refractivity contribution in [3.63, 3.8) is 0 Å². The standard InChI is InChI=1S/C21H24N4O2/c1-15(2)25-20(13-14-22-25)24-21(26)16(3)23-17-9-11-19(12-10-17)27-18-7-5-4-6-8-18/h4-16,23H,1-3H3,(H,24,26). The zero-order valence-corrected chi connectivity index (χ0v) is 15.7. The molecule has 0 fully saturated rings. The number of rotatable bonds is 7. The van der Waals surface area contributed by atoms with Gasteiger partial charge in [-0.05, 0) is 57.2 Å². The highest BCUT2D eigenvalue weighted by atomic mass is 16.5. The first-order valence-electron chi connectivity index (χ1n) is 8.97. The van der Waals surface area contributed by atoms with E-state index < -0.39 is 6.04 Å². The van der Waals surface area contributed by atoms with Crippen LogP contribution in [-0.4, -0.2) is 21.7 Å². The zero-order valence-electron chi connectivity index (χ0n) is 15.7. The van der Waals surface area contributed by atoms with Crippen LogP contribution in [0.5, 0.6) is 11.5 Å². The molecule has 2 N–H and O–H groups in total. The lowest BCUT2D eigenvalue weighted by Gasteiger charge is -2.17. The van der Waals surface area contributed by atoms with Gasteiger partial charge in [0.15, 0.2) is 0 Å². The minimum Gasteiger partial charge on any atom is -0.457 e. The van der Waals surface area contributed by atoms with Crippen LogP contribution in [-0.2, 0) is 4.79 Å². The number of amides is 1. The average molecular weight is 364 g/mol. The number of benzene rings is 2. The summed E-state index contributed by atoms with van der Waals surface area (Å²) in [6, 6.07) is 18.7. The SMILES string of the molecule is CC(Nc1ccc(Oc2ccccc2)cc1)C(=O)Nc1ccnn1C(C)C. The van der Waals surface area contributed by atoms with Gasteiger partial charge < -0.3 is 15.4 Å². The number of aromatic nitrogens is 2. The molecule has 2 aromatic carbocycles. The second-order valence-electron chi connectivity index (χ2n) is 6.55. The zero-order chi connectivity index (χ0) is 19.2. The van der Waals surface area contributed by atoms with Crippen molar-refractivity contribution in [2.24, 2.45) is 0 Å². The molecule has 0 aliphatic rings. The summed E-state index contributed by atoms with van der Waals surface area (Å²) in [5, 5.41) is 10.3. The van der Waals surface area contributed by atoms with Crippen molar-refractivity contribution in [1.82, 2.24) is 9.78 Å². The number of ether oxygens (including phenoxy) is 1. The summed E-state index contributed by atoms with van der Waals surface area (Å²) in [5.41, 5.74) is 0.843. The van der Waals surface area contributed by atoms with Crippen LogP contribution in [0.4, 0.5) is 11.5 Å². The van der Waals surface area contributed by atoms with Gasteiger partial charge in [-0.15, -0.1) is 0 Å². The Morgan fingerprint density at radius 3 is 2.30 bits per heavy atom. The van der Waals surface area contributed by atoms with Crippen LogP contribution in [0.15, 0.2) is 66.9 Å². The van der Waals surface area contributed by atoms with Crippen molar-refractivity contribution >= 4 is 17.4 Å². The van der Waals surface area contributed by atoms with Gasteiger partial charge in [-0.3, -0.25) is 4.79 Å². The maximum Gasteiger partial charge on any atom is 0.247 e. The van der Waals surface area contributed by atoms with E-state index >= 15 is 0 Å². The van der Waals surface area contributed by atoms with E-state index in [4.69, 9.17) is 4.74 Å². The van der Waals surface area contributed by atoms with Crippen LogP contribution < -0.4 is 15.4 Å². The number of hydrogen-bond acceptors (Lipinski definition) is 4. The van der Waals surface area contributed by atoms with E-state index in [1.54, 1.807) is 16.9 Å². The monoisotopic (exact) mass is 364 g/mol. The van der Waals surface area contributed by atoms with Gasteiger partial charge in [0.2, 0.25) is 5.91 Å². The Labute approximate surface area is 159 Å². The van der Waals surface area contributed by atoms with Crippen molar-refractivity contribution in [2.75, 3.05) is 10.6 Å². The van der Waals surface area contributed by atoms with Crippen LogP contribution in [0.2, 0.25) is 0 Å². The number of nitrogens with zero attached hydrogens (tertiary/aromatic N) is 2. The quantitative estimate of drug-likeness (QED) is 0.638. The second-order valence-corrected chi connectivity index (χ2v) is 6.55.